The van der Waals surface area contributed by atoms with Gasteiger partial charge in [0, 0.05) is 0 Å². The van der Waals surface area contributed by atoms with Crippen molar-refractivity contribution in [2.45, 2.75) is 6.92 Å². The van der Waals surface area contributed by atoms with Crippen LogP contribution in [-0.2, 0) is 0 Å². The quantitative estimate of drug-likeness (QED) is 0.494. The SMILES string of the molecule is C/C(Cl)=C(/O)Cl. The van der Waals surface area contributed by atoms with E-state index < -0.39 is 0 Å². The maximum Gasteiger partial charge on any atom is 0.198 e. The molecule has 3 heteroatoms. The van der Waals surface area contributed by atoms with Gasteiger partial charge in [0.05, 0.1) is 5.03 Å². The Bertz CT molecular complexity index is 58.9. The van der Waals surface area contributed by atoms with E-state index in [0.29, 0.717) is 0 Å². The van der Waals surface area contributed by atoms with Crippen LogP contribution in [0.15, 0.2) is 10.3 Å². The van der Waals surface area contributed by atoms with Crippen LogP contribution in [0, 0.1) is 0 Å². The molecule has 0 unspecified atom stereocenters. The summed E-state index contributed by atoms with van der Waals surface area (Å²) in [5.74, 6) is 0. The fourth-order valence-corrected chi connectivity index (χ4v) is 0. The summed E-state index contributed by atoms with van der Waals surface area (Å²) in [6.45, 7) is 1.50. The Morgan fingerprint density at radius 3 is 1.67 bits per heavy atom. The first-order chi connectivity index (χ1) is 2.64. The Hall–Kier alpha value is 0.120. The smallest absolute Gasteiger partial charge is 0.198 e. The van der Waals surface area contributed by atoms with Crippen LogP contribution in [0.4, 0.5) is 0 Å². The summed E-state index contributed by atoms with van der Waals surface area (Å²) in [5.41, 5.74) is 0. The first kappa shape index (κ1) is 6.12. The summed E-state index contributed by atoms with van der Waals surface area (Å²) < 4.78 is 0. The van der Waals surface area contributed by atoms with E-state index in [1.165, 1.54) is 6.92 Å². The molecular weight excluding hydrogens is 123 g/mol. The standard InChI is InChI=1S/C3H4Cl2O/c1-2(4)3(5)6/h6H,1H3/b3-2-. The molecule has 1 N–H and O–H groups in total. The number of aliphatic hydroxyl groups excluding tert-OH is 1. The lowest BCUT2D eigenvalue weighted by Crippen LogP contribution is -1.64. The van der Waals surface area contributed by atoms with Crippen LogP contribution in [0.1, 0.15) is 6.92 Å². The van der Waals surface area contributed by atoms with Crippen molar-refractivity contribution in [3.05, 3.63) is 10.3 Å². The van der Waals surface area contributed by atoms with E-state index in [1.807, 2.05) is 0 Å². The maximum atomic E-state index is 8.14. The highest BCUT2D eigenvalue weighted by Gasteiger charge is 1.85. The van der Waals surface area contributed by atoms with Gasteiger partial charge >= 0.3 is 0 Å². The van der Waals surface area contributed by atoms with Crippen molar-refractivity contribution in [3.63, 3.8) is 0 Å². The van der Waals surface area contributed by atoms with Crippen LogP contribution in [-0.4, -0.2) is 5.11 Å². The van der Waals surface area contributed by atoms with Crippen LogP contribution < -0.4 is 0 Å². The van der Waals surface area contributed by atoms with Gasteiger partial charge in [0.1, 0.15) is 0 Å². The van der Waals surface area contributed by atoms with Crippen molar-refractivity contribution in [1.29, 1.82) is 0 Å². The van der Waals surface area contributed by atoms with Gasteiger partial charge < -0.3 is 5.11 Å². The second kappa shape index (κ2) is 2.32. The molecule has 1 nitrogen and oxygen atoms in total. The molecule has 0 saturated carbocycles. The van der Waals surface area contributed by atoms with Gasteiger partial charge in [-0.05, 0) is 18.5 Å². The summed E-state index contributed by atoms with van der Waals surface area (Å²) in [7, 11) is 0. The lowest BCUT2D eigenvalue weighted by molar-refractivity contribution is 0.449. The number of hydrogen-bond donors (Lipinski definition) is 1. The van der Waals surface area contributed by atoms with Crippen molar-refractivity contribution in [1.82, 2.24) is 0 Å². The molecule has 0 aromatic carbocycles. The maximum absolute atomic E-state index is 8.14. The minimum atomic E-state index is -0.336. The number of halogens is 2. The first-order valence-electron chi connectivity index (χ1n) is 1.35. The number of aliphatic hydroxyl groups is 1. The number of allylic oxidation sites excluding steroid dienone is 1. The summed E-state index contributed by atoms with van der Waals surface area (Å²) in [6.07, 6.45) is 0. The average molecular weight is 127 g/mol. The van der Waals surface area contributed by atoms with Gasteiger partial charge in [0.15, 0.2) is 5.22 Å². The molecule has 0 bridgehead atoms. The van der Waals surface area contributed by atoms with Crippen molar-refractivity contribution >= 4 is 23.2 Å². The summed E-state index contributed by atoms with van der Waals surface area (Å²) in [6, 6.07) is 0. The van der Waals surface area contributed by atoms with Crippen molar-refractivity contribution in [3.8, 4) is 0 Å². The topological polar surface area (TPSA) is 20.2 Å². The van der Waals surface area contributed by atoms with E-state index in [-0.39, 0.29) is 10.3 Å². The molecule has 0 aliphatic heterocycles. The van der Waals surface area contributed by atoms with Crippen molar-refractivity contribution in [2.24, 2.45) is 0 Å². The molecule has 0 atom stereocenters. The van der Waals surface area contributed by atoms with Crippen molar-refractivity contribution < 1.29 is 5.11 Å². The average Bonchev–Trinajstić information content (AvgIpc) is 1.36. The van der Waals surface area contributed by atoms with E-state index in [9.17, 15) is 0 Å². The van der Waals surface area contributed by atoms with E-state index in [0.717, 1.165) is 0 Å². The molecular formula is C3H4Cl2O. The van der Waals surface area contributed by atoms with E-state index >= 15 is 0 Å². The van der Waals surface area contributed by atoms with E-state index in [2.05, 4.69) is 0 Å². The third-order valence-corrected chi connectivity index (χ3v) is 0.843. The molecule has 0 spiro atoms. The lowest BCUT2D eigenvalue weighted by Gasteiger charge is -1.81. The zero-order valence-corrected chi connectivity index (χ0v) is 4.72. The fourth-order valence-electron chi connectivity index (χ4n) is 0. The molecule has 0 aliphatic carbocycles. The molecule has 0 amide bonds. The van der Waals surface area contributed by atoms with Gasteiger partial charge in [-0.2, -0.15) is 0 Å². The minimum absolute atomic E-state index is 0.219. The molecule has 0 fully saturated rings. The predicted molar refractivity (Wildman–Crippen MR) is 27.0 cm³/mol. The van der Waals surface area contributed by atoms with E-state index in [1.54, 1.807) is 0 Å². The van der Waals surface area contributed by atoms with Gasteiger partial charge in [0.2, 0.25) is 0 Å². The van der Waals surface area contributed by atoms with Gasteiger partial charge in [-0.1, -0.05) is 11.6 Å². The van der Waals surface area contributed by atoms with Gasteiger partial charge in [-0.15, -0.1) is 0 Å². The molecule has 0 aliphatic rings. The van der Waals surface area contributed by atoms with E-state index in [4.69, 9.17) is 28.3 Å². The Morgan fingerprint density at radius 2 is 1.67 bits per heavy atom. The van der Waals surface area contributed by atoms with Gasteiger partial charge in [0.25, 0.3) is 0 Å². The highest BCUT2D eigenvalue weighted by molar-refractivity contribution is 6.37. The Kier molecular flexibility index (Phi) is 2.37. The predicted octanol–water partition coefficient (Wildman–Crippen LogP) is 2.21. The first-order valence-corrected chi connectivity index (χ1v) is 2.11. The monoisotopic (exact) mass is 126 g/mol. The Balaban J connectivity index is 3.68. The third kappa shape index (κ3) is 2.36. The van der Waals surface area contributed by atoms with Crippen LogP contribution in [0.2, 0.25) is 0 Å². The molecule has 0 heterocycles. The van der Waals surface area contributed by atoms with Gasteiger partial charge in [-0.25, -0.2) is 0 Å². The summed E-state index contributed by atoms with van der Waals surface area (Å²) in [5, 5.41) is 8.03. The molecule has 0 rings (SSSR count). The van der Waals surface area contributed by atoms with Crippen LogP contribution in [0.25, 0.3) is 0 Å². The Morgan fingerprint density at radius 1 is 1.50 bits per heavy atom. The number of rotatable bonds is 0. The van der Waals surface area contributed by atoms with Crippen LogP contribution >= 0.6 is 23.2 Å². The lowest BCUT2D eigenvalue weighted by atomic mass is 10.7. The fraction of sp³-hybridized carbons (Fsp3) is 0.333. The normalized spacial score (nSPS) is 13.8. The molecule has 0 radical (unpaired) electrons. The molecule has 0 saturated heterocycles. The summed E-state index contributed by atoms with van der Waals surface area (Å²) >= 11 is 10.0. The molecule has 0 aromatic rings. The second-order valence-corrected chi connectivity index (χ2v) is 1.75. The Labute approximate surface area is 46.2 Å². The zero-order chi connectivity index (χ0) is 5.15. The van der Waals surface area contributed by atoms with Gasteiger partial charge in [-0.3, -0.25) is 0 Å². The number of hydrogen-bond acceptors (Lipinski definition) is 1. The largest absolute Gasteiger partial charge is 0.498 e. The third-order valence-electron chi connectivity index (χ3n) is 0.284. The van der Waals surface area contributed by atoms with Crippen LogP contribution in [0.5, 0.6) is 0 Å². The summed E-state index contributed by atoms with van der Waals surface area (Å²) in [4.78, 5) is 0. The van der Waals surface area contributed by atoms with Crippen molar-refractivity contribution in [2.75, 3.05) is 0 Å². The molecule has 36 valence electrons. The highest BCUT2D eigenvalue weighted by atomic mass is 35.5. The molecule has 0 aromatic heterocycles. The zero-order valence-electron chi connectivity index (χ0n) is 3.20. The molecule has 6 heavy (non-hydrogen) atoms. The minimum Gasteiger partial charge on any atom is -0.498 e. The van der Waals surface area contributed by atoms with Crippen LogP contribution in [0.3, 0.4) is 0 Å². The highest BCUT2D eigenvalue weighted by Crippen LogP contribution is 2.07. The second-order valence-electron chi connectivity index (χ2n) is 0.824.